The first-order valence-electron chi connectivity index (χ1n) is 9.58. The number of H-pyrrole nitrogens is 1. The molecule has 9 heteroatoms. The smallest absolute Gasteiger partial charge is 0.338 e. The Morgan fingerprint density at radius 2 is 1.84 bits per heavy atom. The number of sulfonamides is 1. The first-order valence-corrected chi connectivity index (χ1v) is 11.4. The van der Waals surface area contributed by atoms with Crippen LogP contribution in [0.2, 0.25) is 5.02 Å². The Bertz CT molecular complexity index is 1180. The molecule has 0 unspecified atom stereocenters. The van der Waals surface area contributed by atoms with Gasteiger partial charge in [-0.25, -0.2) is 9.78 Å². The highest BCUT2D eigenvalue weighted by Crippen LogP contribution is 2.27. The van der Waals surface area contributed by atoms with Crippen LogP contribution in [0.25, 0.3) is 0 Å². The van der Waals surface area contributed by atoms with Crippen LogP contribution in [0.1, 0.15) is 42.5 Å². The van der Waals surface area contributed by atoms with Crippen LogP contribution in [-0.4, -0.2) is 30.0 Å². The maximum Gasteiger partial charge on any atom is 0.338 e. The topological polar surface area (TPSA) is 92.4 Å². The van der Waals surface area contributed by atoms with Crippen molar-refractivity contribution in [3.05, 3.63) is 76.7 Å². The lowest BCUT2D eigenvalue weighted by atomic mass is 10.1. The van der Waals surface area contributed by atoms with Crippen LogP contribution in [0.4, 0.5) is 5.69 Å². The molecule has 3 rings (SSSR count). The van der Waals surface area contributed by atoms with E-state index in [2.05, 4.69) is 9.97 Å². The Morgan fingerprint density at radius 3 is 2.42 bits per heavy atom. The Kier molecular flexibility index (Phi) is 6.43. The van der Waals surface area contributed by atoms with Gasteiger partial charge in [-0.1, -0.05) is 29.8 Å². The fourth-order valence-electron chi connectivity index (χ4n) is 2.84. The molecule has 0 fully saturated rings. The van der Waals surface area contributed by atoms with Crippen molar-refractivity contribution in [3.63, 3.8) is 0 Å². The summed E-state index contributed by atoms with van der Waals surface area (Å²) in [6.07, 6.45) is 1.28. The van der Waals surface area contributed by atoms with Crippen molar-refractivity contribution >= 4 is 33.3 Å². The molecule has 1 N–H and O–H groups in total. The summed E-state index contributed by atoms with van der Waals surface area (Å²) in [7, 11) is -3.99. The number of nitrogens with one attached hydrogen (secondary N) is 1. The lowest BCUT2D eigenvalue weighted by molar-refractivity contribution is 0.00695. The zero-order valence-corrected chi connectivity index (χ0v) is 19.3. The van der Waals surface area contributed by atoms with Crippen molar-refractivity contribution in [2.45, 2.75) is 44.9 Å². The van der Waals surface area contributed by atoms with E-state index in [4.69, 9.17) is 16.3 Å². The molecule has 0 aliphatic rings. The number of rotatable bonds is 6. The Hall–Kier alpha value is -2.84. The van der Waals surface area contributed by atoms with Gasteiger partial charge in [0.25, 0.3) is 10.0 Å². The van der Waals surface area contributed by atoms with Gasteiger partial charge in [0, 0.05) is 5.02 Å². The van der Waals surface area contributed by atoms with Gasteiger partial charge >= 0.3 is 5.97 Å². The number of aromatic nitrogens is 2. The van der Waals surface area contributed by atoms with Gasteiger partial charge < -0.3 is 9.72 Å². The van der Waals surface area contributed by atoms with Crippen LogP contribution in [0.3, 0.4) is 0 Å². The monoisotopic (exact) mass is 461 g/mol. The number of benzene rings is 2. The van der Waals surface area contributed by atoms with Gasteiger partial charge in [-0.3, -0.25) is 4.31 Å². The molecule has 3 aromatic rings. The minimum Gasteiger partial charge on any atom is -0.456 e. The molecule has 0 atom stereocenters. The number of hydrogen-bond donors (Lipinski definition) is 1. The summed E-state index contributed by atoms with van der Waals surface area (Å²) in [5.74, 6) is -0.0527. The minimum atomic E-state index is -3.99. The molecule has 0 amide bonds. The number of aryl methyl sites for hydroxylation is 1. The lowest BCUT2D eigenvalue weighted by Crippen LogP contribution is -2.31. The van der Waals surface area contributed by atoms with E-state index < -0.39 is 21.6 Å². The maximum atomic E-state index is 13.4. The first kappa shape index (κ1) is 22.8. The van der Waals surface area contributed by atoms with E-state index in [1.54, 1.807) is 70.2 Å². The second kappa shape index (κ2) is 8.72. The molecule has 0 radical (unpaired) electrons. The molecule has 0 saturated heterocycles. The zero-order chi connectivity index (χ0) is 22.8. The predicted molar refractivity (Wildman–Crippen MR) is 120 cm³/mol. The van der Waals surface area contributed by atoms with Gasteiger partial charge in [0.05, 0.1) is 24.0 Å². The highest BCUT2D eigenvalue weighted by atomic mass is 35.5. The number of imidazole rings is 1. The number of aromatic amines is 1. The Morgan fingerprint density at radius 1 is 1.16 bits per heavy atom. The van der Waals surface area contributed by atoms with Crippen LogP contribution in [0, 0.1) is 6.92 Å². The summed E-state index contributed by atoms with van der Waals surface area (Å²) in [5, 5.41) is 0.510. The van der Waals surface area contributed by atoms with Crippen molar-refractivity contribution in [2.24, 2.45) is 0 Å². The molecule has 164 valence electrons. The summed E-state index contributed by atoms with van der Waals surface area (Å²) in [6, 6.07) is 13.2. The summed E-state index contributed by atoms with van der Waals surface area (Å²) in [6.45, 7) is 7.02. The second-order valence-electron chi connectivity index (χ2n) is 8.02. The molecule has 0 bridgehead atoms. The molecule has 2 aromatic carbocycles. The second-order valence-corrected chi connectivity index (χ2v) is 10.3. The molecular weight excluding hydrogens is 438 g/mol. The van der Waals surface area contributed by atoms with Gasteiger partial charge in [0.1, 0.15) is 11.4 Å². The van der Waals surface area contributed by atoms with E-state index >= 15 is 0 Å². The highest BCUT2D eigenvalue weighted by Gasteiger charge is 2.28. The summed E-state index contributed by atoms with van der Waals surface area (Å²) in [4.78, 5) is 19.3. The number of esters is 1. The van der Waals surface area contributed by atoms with Gasteiger partial charge in [0.2, 0.25) is 0 Å². The third-order valence-corrected chi connectivity index (χ3v) is 6.19. The third kappa shape index (κ3) is 5.65. The lowest BCUT2D eigenvalue weighted by Gasteiger charge is -2.25. The fraction of sp³-hybridized carbons (Fsp3) is 0.273. The molecular formula is C22H24ClN3O4S. The van der Waals surface area contributed by atoms with Crippen molar-refractivity contribution in [2.75, 3.05) is 4.31 Å². The number of halogens is 1. The number of hydrogen-bond acceptors (Lipinski definition) is 5. The van der Waals surface area contributed by atoms with Crippen LogP contribution in [0.15, 0.2) is 59.8 Å². The van der Waals surface area contributed by atoms with Gasteiger partial charge in [0.15, 0.2) is 5.03 Å². The number of ether oxygens (including phenoxy) is 1. The first-order chi connectivity index (χ1) is 14.5. The van der Waals surface area contributed by atoms with Crippen LogP contribution >= 0.6 is 11.6 Å². The number of carbonyl (C=O) groups excluding carboxylic acids is 1. The summed E-state index contributed by atoms with van der Waals surface area (Å²) >= 11 is 5.97. The van der Waals surface area contributed by atoms with E-state index in [-0.39, 0.29) is 17.1 Å². The minimum absolute atomic E-state index is 0.0370. The summed E-state index contributed by atoms with van der Waals surface area (Å²) in [5.41, 5.74) is 0.636. The van der Waals surface area contributed by atoms with E-state index in [9.17, 15) is 13.2 Å². The van der Waals surface area contributed by atoms with E-state index in [0.29, 0.717) is 16.5 Å². The van der Waals surface area contributed by atoms with E-state index in [1.165, 1.54) is 16.6 Å². The highest BCUT2D eigenvalue weighted by molar-refractivity contribution is 7.92. The largest absolute Gasteiger partial charge is 0.456 e. The maximum absolute atomic E-state index is 13.4. The van der Waals surface area contributed by atoms with E-state index in [1.807, 2.05) is 0 Å². The van der Waals surface area contributed by atoms with Crippen LogP contribution in [0.5, 0.6) is 0 Å². The standard InChI is InChI=1S/C22H24ClN3O4S/c1-15-24-13-20(25-15)31(28,29)26(14-16-8-10-18(23)11-9-16)19-7-5-6-17(12-19)21(27)30-22(2,3)4/h5-13H,14H2,1-4H3,(H,24,25). The Labute approximate surface area is 187 Å². The average molecular weight is 462 g/mol. The van der Waals surface area contributed by atoms with Crippen molar-refractivity contribution < 1.29 is 17.9 Å². The summed E-state index contributed by atoms with van der Waals surface area (Å²) < 4.78 is 33.5. The molecule has 0 aliphatic carbocycles. The predicted octanol–water partition coefficient (Wildman–Crippen LogP) is 4.72. The van der Waals surface area contributed by atoms with Crippen LogP contribution in [-0.2, 0) is 21.3 Å². The normalized spacial score (nSPS) is 11.9. The molecule has 31 heavy (non-hydrogen) atoms. The molecule has 0 aliphatic heterocycles. The van der Waals surface area contributed by atoms with E-state index in [0.717, 1.165) is 5.56 Å². The molecule has 7 nitrogen and oxygen atoms in total. The quantitative estimate of drug-likeness (QED) is 0.536. The number of anilines is 1. The SMILES string of the molecule is Cc1ncc(S(=O)(=O)N(Cc2ccc(Cl)cc2)c2cccc(C(=O)OC(C)(C)C)c2)[nH]1. The molecule has 0 saturated carbocycles. The molecule has 1 heterocycles. The molecule has 0 spiro atoms. The van der Waals surface area contributed by atoms with Gasteiger partial charge in [-0.15, -0.1) is 0 Å². The van der Waals surface area contributed by atoms with Gasteiger partial charge in [-0.2, -0.15) is 8.42 Å². The van der Waals surface area contributed by atoms with Gasteiger partial charge in [-0.05, 0) is 63.6 Å². The zero-order valence-electron chi connectivity index (χ0n) is 17.7. The third-order valence-electron chi connectivity index (χ3n) is 4.26. The molecule has 1 aromatic heterocycles. The van der Waals surface area contributed by atoms with Crippen molar-refractivity contribution in [1.29, 1.82) is 0 Å². The van der Waals surface area contributed by atoms with Crippen molar-refractivity contribution in [1.82, 2.24) is 9.97 Å². The number of carbonyl (C=O) groups is 1. The van der Waals surface area contributed by atoms with Crippen molar-refractivity contribution in [3.8, 4) is 0 Å². The fourth-order valence-corrected chi connectivity index (χ4v) is 4.38. The average Bonchev–Trinajstić information content (AvgIpc) is 3.13. The van der Waals surface area contributed by atoms with Crippen LogP contribution < -0.4 is 4.31 Å². The number of nitrogens with zero attached hydrogens (tertiary/aromatic N) is 2. The Balaban J connectivity index is 2.05.